The Morgan fingerprint density at radius 1 is 0.364 bits per heavy atom. The Morgan fingerprint density at radius 2 is 0.561 bits per heavy atom. The van der Waals surface area contributed by atoms with Gasteiger partial charge in [-0.2, -0.15) is 0 Å². The number of halogens is 3. The van der Waals surface area contributed by atoms with Crippen LogP contribution in [0.3, 0.4) is 0 Å². The molecular weight excluding hydrogens is 1100 g/mol. The molecule has 0 aliphatic carbocycles. The van der Waals surface area contributed by atoms with Gasteiger partial charge in [0, 0.05) is 17.8 Å². The van der Waals surface area contributed by atoms with Gasteiger partial charge in [0.1, 0.15) is 0 Å². The Balaban J connectivity index is 0. The van der Waals surface area contributed by atoms with Crippen LogP contribution in [0.4, 0.5) is 13.2 Å². The van der Waals surface area contributed by atoms with E-state index in [2.05, 4.69) is 63.3 Å². The molecule has 0 aromatic heterocycles. The summed E-state index contributed by atoms with van der Waals surface area (Å²) < 4.78 is 186. The minimum absolute atomic E-state index is 0.135. The summed E-state index contributed by atoms with van der Waals surface area (Å²) in [6.07, 6.45) is 0. The highest BCUT2D eigenvalue weighted by atomic mass is 31.2. The molecule has 0 aliphatic heterocycles. The van der Waals surface area contributed by atoms with Crippen molar-refractivity contribution in [1.29, 1.82) is 0 Å². The smallest absolute Gasteiger partial charge is 0.268 e. The second kappa shape index (κ2) is 34.1. The summed E-state index contributed by atoms with van der Waals surface area (Å²) in [7, 11) is -40.3. The van der Waals surface area contributed by atoms with Gasteiger partial charge in [-0.1, -0.05) is 0 Å². The first kappa shape index (κ1) is 68.7. The maximum atomic E-state index is 12.8. The fraction of sp³-hybridized carbons (Fsp3) is 1.00. The van der Waals surface area contributed by atoms with E-state index in [-0.39, 0.29) is 6.61 Å². The van der Waals surface area contributed by atoms with Gasteiger partial charge in [0.05, 0.1) is 119 Å². The zero-order valence-electron chi connectivity index (χ0n) is 33.8. The molecule has 3 N–H and O–H groups in total. The lowest BCUT2D eigenvalue weighted by Crippen LogP contribution is -2.21. The van der Waals surface area contributed by atoms with Crippen LogP contribution in [-0.4, -0.2) is 134 Å². The average molecular weight is 1140 g/mol. The van der Waals surface area contributed by atoms with Gasteiger partial charge in [0.15, 0.2) is 0 Å². The third kappa shape index (κ3) is 42.3. The normalized spacial score (nSPS) is 20.8. The third-order valence-electron chi connectivity index (χ3n) is 5.88. The van der Waals surface area contributed by atoms with Gasteiger partial charge in [-0.15, -0.1) is 0 Å². The molecule has 0 amide bonds. The van der Waals surface area contributed by atoms with Gasteiger partial charge in [-0.05, 0) is 6.92 Å². The number of rotatable bonds is 41. The first-order valence-corrected chi connectivity index (χ1v) is 29.2. The number of phosphoric acid groups is 8. The molecule has 0 saturated carbocycles. The Labute approximate surface area is 373 Å². The van der Waals surface area contributed by atoms with E-state index in [4.69, 9.17) is 14.9 Å². The molecule has 0 bridgehead atoms. The van der Waals surface area contributed by atoms with E-state index in [1.54, 1.807) is 0 Å². The molecule has 33 nitrogen and oxygen atoms in total. The molecule has 0 rings (SSSR count). The van der Waals surface area contributed by atoms with Gasteiger partial charge in [-0.25, -0.2) is 0 Å². The maximum absolute atomic E-state index is 12.8. The second-order valence-electron chi connectivity index (χ2n) is 11.4. The fourth-order valence-corrected chi connectivity index (χ4v) is 8.11. The number of aliphatic hydroxyl groups is 1. The largest absolute Gasteiger partial charge is 0.756 e. The summed E-state index contributed by atoms with van der Waals surface area (Å²) in [6.45, 7) is -14.6. The predicted molar refractivity (Wildman–Crippen MR) is 190 cm³/mol. The van der Waals surface area contributed by atoms with E-state index in [1.165, 1.54) is 6.92 Å². The third-order valence-corrected chi connectivity index (χ3v) is 12.8. The van der Waals surface area contributed by atoms with Crippen molar-refractivity contribution < 1.29 is 167 Å². The van der Waals surface area contributed by atoms with Crippen LogP contribution >= 0.6 is 62.6 Å². The predicted octanol–water partition coefficient (Wildman–Crippen LogP) is -3.29. The zero-order chi connectivity index (χ0) is 51.4. The maximum Gasteiger partial charge on any atom is 0.268 e. The van der Waals surface area contributed by atoms with Crippen LogP contribution in [0.5, 0.6) is 0 Å². The van der Waals surface area contributed by atoms with Crippen molar-refractivity contribution in [2.24, 2.45) is 17.8 Å². The molecule has 0 spiro atoms. The second-order valence-corrected chi connectivity index (χ2v) is 22.3. The number of alkyl halides is 3. The monoisotopic (exact) mass is 1140 g/mol. The van der Waals surface area contributed by atoms with Crippen LogP contribution in [0.2, 0.25) is 0 Å². The van der Waals surface area contributed by atoms with Crippen LogP contribution in [0.25, 0.3) is 0 Å². The van der Waals surface area contributed by atoms with Crippen LogP contribution in [-0.2, 0) is 99.9 Å². The van der Waals surface area contributed by atoms with Gasteiger partial charge in [-0.3, -0.25) is 49.7 Å². The Bertz CT molecular complexity index is 1720. The fourth-order valence-electron chi connectivity index (χ4n) is 2.98. The van der Waals surface area contributed by atoms with Gasteiger partial charge < -0.3 is 117 Å². The van der Waals surface area contributed by atoms with E-state index in [0.29, 0.717) is 0 Å². The van der Waals surface area contributed by atoms with Crippen molar-refractivity contribution in [3.8, 4) is 0 Å². The Kier molecular flexibility index (Phi) is 35.5. The highest BCUT2D eigenvalue weighted by Gasteiger charge is 2.21. The molecule has 0 aromatic rings. The number of aliphatic hydroxyl groups excluding tert-OH is 1. The van der Waals surface area contributed by atoms with Crippen LogP contribution in [0.1, 0.15) is 6.92 Å². The lowest BCUT2D eigenvalue weighted by Gasteiger charge is -2.27. The van der Waals surface area contributed by atoms with Gasteiger partial charge in [0.2, 0.25) is 0 Å². The Morgan fingerprint density at radius 3 is 0.758 bits per heavy atom. The molecule has 0 saturated heterocycles. The molecule has 0 heterocycles. The van der Waals surface area contributed by atoms with Crippen molar-refractivity contribution in [3.05, 3.63) is 0 Å². The molecular formula is C22H45F3O33P8-8. The van der Waals surface area contributed by atoms with Crippen LogP contribution in [0, 0.1) is 17.8 Å². The summed E-state index contributed by atoms with van der Waals surface area (Å²) >= 11 is 0. The minimum atomic E-state index is -5.21. The van der Waals surface area contributed by atoms with Crippen molar-refractivity contribution in [3.63, 3.8) is 0 Å². The van der Waals surface area contributed by atoms with E-state index in [9.17, 15) is 88.8 Å². The van der Waals surface area contributed by atoms with Gasteiger partial charge in [0.25, 0.3) is 62.6 Å². The lowest BCUT2D eigenvalue weighted by molar-refractivity contribution is -0.238. The molecule has 11 unspecified atom stereocenters. The van der Waals surface area contributed by atoms with Crippen LogP contribution < -0.4 is 39.1 Å². The lowest BCUT2D eigenvalue weighted by atomic mass is 10.2. The summed E-state index contributed by atoms with van der Waals surface area (Å²) in [5.74, 6) is -3.73. The van der Waals surface area contributed by atoms with E-state index in [1.807, 2.05) is 0 Å². The zero-order valence-corrected chi connectivity index (χ0v) is 40.9. The van der Waals surface area contributed by atoms with Crippen molar-refractivity contribution in [2.75, 3.05) is 119 Å². The van der Waals surface area contributed by atoms with Gasteiger partial charge >= 0.3 is 0 Å². The molecule has 0 radical (unpaired) electrons. The number of hydrogen-bond acceptors (Lipinski definition) is 31. The summed E-state index contributed by atoms with van der Waals surface area (Å²) in [5.41, 5.74) is 0. The molecule has 0 aromatic carbocycles. The molecule has 11 atom stereocenters. The van der Waals surface area contributed by atoms with E-state index >= 15 is 0 Å². The van der Waals surface area contributed by atoms with E-state index in [0.717, 1.165) is 0 Å². The van der Waals surface area contributed by atoms with Crippen molar-refractivity contribution in [2.45, 2.75) is 6.92 Å². The standard InChI is InChI=1S/C16H38F2O25P6.C6H15FO8P2/c17-9-15(11-19)12-42-48(29,30)39-7-5-37-46(25,26)35-3-1-33-45(23,24)34-2-4-36-47(27,28)38-6-8-40-49(31,32)43-14-16(10-18)13-41-44(20,21)22;1-2-13-17(11,12)15-5-6(3-7)4-14-16(8,9)10/h15-16,19H,1-14H2,(H,23,24)(H,25,26)(H,27,28)(H,29,30)(H,31,32)(H2,20,21,22);6H,2-5H2,1H3,(H,11,12)(H2,8,9,10)/p-8. The topological polar surface area (TPSA) is 511 Å². The number of hydrogen-bond donors (Lipinski definition) is 3. The van der Waals surface area contributed by atoms with Crippen molar-refractivity contribution in [1.82, 2.24) is 0 Å². The first-order valence-electron chi connectivity index (χ1n) is 17.4. The highest BCUT2D eigenvalue weighted by molar-refractivity contribution is 7.47. The molecule has 44 heteroatoms. The van der Waals surface area contributed by atoms with Crippen LogP contribution in [0.15, 0.2) is 0 Å². The first-order chi connectivity index (χ1) is 30.2. The summed E-state index contributed by atoms with van der Waals surface area (Å²) in [5, 5.41) is 8.76. The SMILES string of the molecule is CCOP(=O)([O-])OCC(CF)COP(=O)([O-])O.O=P([O-])(O)OCC(CF)COP(=O)([O-])OCCOP(=O)([O-])OCCOP(=O)([O-])OCCOP(=O)([O-])OCCOP(=O)([O-])OCC(CO)CF. The van der Waals surface area contributed by atoms with E-state index < -0.39 is 193 Å². The van der Waals surface area contributed by atoms with Crippen molar-refractivity contribution >= 4 is 62.6 Å². The molecule has 0 fully saturated rings. The molecule has 400 valence electrons. The average Bonchev–Trinajstić information content (AvgIpc) is 3.18. The highest BCUT2D eigenvalue weighted by Crippen LogP contribution is 2.44. The molecule has 0 aliphatic rings. The number of phosphoric ester groups is 8. The summed E-state index contributed by atoms with van der Waals surface area (Å²) in [4.78, 5) is 106. The molecule has 66 heavy (non-hydrogen) atoms. The minimum Gasteiger partial charge on any atom is -0.756 e. The summed E-state index contributed by atoms with van der Waals surface area (Å²) in [6, 6.07) is 0. The Hall–Kier alpha value is 0.630. The quantitative estimate of drug-likeness (QED) is 0.0399.